The van der Waals surface area contributed by atoms with Gasteiger partial charge >= 0.3 is 17.9 Å². The second-order valence-corrected chi connectivity index (χ2v) is 18.8. The smallest absolute Gasteiger partial charge is 0.306 e. The lowest BCUT2D eigenvalue weighted by molar-refractivity contribution is -0.167. The molecule has 0 aliphatic rings. The van der Waals surface area contributed by atoms with Gasteiger partial charge in [-0.3, -0.25) is 14.4 Å². The summed E-state index contributed by atoms with van der Waals surface area (Å²) in [6, 6.07) is 0. The van der Waals surface area contributed by atoms with Crippen LogP contribution in [0.2, 0.25) is 0 Å². The van der Waals surface area contributed by atoms with E-state index in [4.69, 9.17) is 14.2 Å². The predicted octanol–water partition coefficient (Wildman–Crippen LogP) is 18.8. The molecule has 0 aromatic rings. The van der Waals surface area contributed by atoms with Crippen LogP contribution >= 0.6 is 0 Å². The molecule has 0 saturated heterocycles. The molecule has 6 nitrogen and oxygen atoms in total. The summed E-state index contributed by atoms with van der Waals surface area (Å²) in [5.74, 6) is -0.912. The van der Waals surface area contributed by atoms with Crippen LogP contribution in [0.25, 0.3) is 0 Å². The molecule has 6 heteroatoms. The van der Waals surface area contributed by atoms with Crippen LogP contribution in [0.3, 0.4) is 0 Å². The topological polar surface area (TPSA) is 78.9 Å². The molecule has 0 aromatic carbocycles. The van der Waals surface area contributed by atoms with Crippen molar-refractivity contribution in [2.45, 2.75) is 290 Å². The van der Waals surface area contributed by atoms with Crippen molar-refractivity contribution in [3.8, 4) is 0 Å². The third-order valence-corrected chi connectivity index (χ3v) is 12.3. The molecule has 0 aliphatic heterocycles. The van der Waals surface area contributed by atoms with Crippen molar-refractivity contribution in [2.24, 2.45) is 0 Å². The Kier molecular flexibility index (Phi) is 52.3. The van der Waals surface area contributed by atoms with Crippen LogP contribution < -0.4 is 0 Å². The Morgan fingerprint density at radius 3 is 0.955 bits per heavy atom. The van der Waals surface area contributed by atoms with Crippen LogP contribution in [0.1, 0.15) is 284 Å². The van der Waals surface area contributed by atoms with Crippen molar-refractivity contribution < 1.29 is 28.6 Å². The Morgan fingerprint density at radius 1 is 0.318 bits per heavy atom. The van der Waals surface area contributed by atoms with E-state index < -0.39 is 6.10 Å². The number of allylic oxidation sites excluding steroid dienone is 10. The minimum atomic E-state index is -0.790. The highest BCUT2D eigenvalue weighted by Crippen LogP contribution is 2.16. The summed E-state index contributed by atoms with van der Waals surface area (Å²) in [4.78, 5) is 38.1. The van der Waals surface area contributed by atoms with Gasteiger partial charge in [0.25, 0.3) is 0 Å². The molecule has 0 radical (unpaired) electrons. The van der Waals surface area contributed by atoms with Crippen LogP contribution in [-0.2, 0) is 28.6 Å². The van der Waals surface area contributed by atoms with Gasteiger partial charge in [0.2, 0.25) is 0 Å². The average molecular weight is 924 g/mol. The molecule has 0 aromatic heterocycles. The zero-order valence-corrected chi connectivity index (χ0v) is 43.7. The van der Waals surface area contributed by atoms with Crippen LogP contribution in [0.4, 0.5) is 0 Å². The first-order valence-corrected chi connectivity index (χ1v) is 28.3. The van der Waals surface area contributed by atoms with E-state index in [1.165, 1.54) is 154 Å². The van der Waals surface area contributed by atoms with Gasteiger partial charge in [-0.05, 0) is 83.5 Å². The summed E-state index contributed by atoms with van der Waals surface area (Å²) >= 11 is 0. The maximum absolute atomic E-state index is 12.8. The van der Waals surface area contributed by atoms with Crippen molar-refractivity contribution in [3.05, 3.63) is 60.8 Å². The summed E-state index contributed by atoms with van der Waals surface area (Å²) < 4.78 is 16.8. The normalized spacial score (nSPS) is 12.5. The molecule has 0 amide bonds. The number of unbranched alkanes of at least 4 members (excludes halogenated alkanes) is 30. The fourth-order valence-corrected chi connectivity index (χ4v) is 8.02. The van der Waals surface area contributed by atoms with Crippen molar-refractivity contribution in [1.82, 2.24) is 0 Å². The van der Waals surface area contributed by atoms with E-state index in [9.17, 15) is 14.4 Å². The average Bonchev–Trinajstić information content (AvgIpc) is 3.31. The monoisotopic (exact) mass is 923 g/mol. The highest BCUT2D eigenvalue weighted by Gasteiger charge is 2.19. The molecule has 0 fully saturated rings. The lowest BCUT2D eigenvalue weighted by Gasteiger charge is -2.18. The second kappa shape index (κ2) is 54.7. The van der Waals surface area contributed by atoms with Crippen molar-refractivity contribution in [2.75, 3.05) is 13.2 Å². The molecule has 0 saturated carbocycles. The van der Waals surface area contributed by atoms with E-state index in [-0.39, 0.29) is 31.1 Å². The third kappa shape index (κ3) is 52.1. The summed E-state index contributed by atoms with van der Waals surface area (Å²) in [7, 11) is 0. The molecule has 0 N–H and O–H groups in total. The maximum atomic E-state index is 12.8. The SMILES string of the molecule is CC/C=C\C/C=C\C/C=C\C/C=C\CCCCCC(=O)OC(COC(=O)CCCCCCCCC/C=C\CCCCCCCCCC)COC(=O)CCCCCCCCCCCCCCC. The predicted molar refractivity (Wildman–Crippen MR) is 284 cm³/mol. The van der Waals surface area contributed by atoms with Crippen molar-refractivity contribution in [1.29, 1.82) is 0 Å². The van der Waals surface area contributed by atoms with E-state index in [0.29, 0.717) is 19.3 Å². The Labute approximate surface area is 409 Å². The number of ether oxygens (including phenoxy) is 3. The van der Waals surface area contributed by atoms with Crippen molar-refractivity contribution >= 4 is 17.9 Å². The first-order chi connectivity index (χ1) is 32.5. The molecular formula is C60H106O6. The van der Waals surface area contributed by atoms with Gasteiger partial charge in [-0.15, -0.1) is 0 Å². The number of esters is 3. The fourth-order valence-electron chi connectivity index (χ4n) is 8.02. The van der Waals surface area contributed by atoms with E-state index in [2.05, 4.69) is 81.5 Å². The Hall–Kier alpha value is -2.89. The molecule has 66 heavy (non-hydrogen) atoms. The summed E-state index contributed by atoms with van der Waals surface area (Å²) in [5, 5.41) is 0. The van der Waals surface area contributed by atoms with E-state index in [1.54, 1.807) is 0 Å². The number of rotatable bonds is 51. The molecule has 0 bridgehead atoms. The van der Waals surface area contributed by atoms with Crippen LogP contribution in [0, 0.1) is 0 Å². The first-order valence-electron chi connectivity index (χ1n) is 28.3. The van der Waals surface area contributed by atoms with Gasteiger partial charge in [-0.25, -0.2) is 0 Å². The number of carbonyl (C=O) groups is 3. The number of hydrogen-bond donors (Lipinski definition) is 0. The first kappa shape index (κ1) is 63.1. The van der Waals surface area contributed by atoms with Crippen molar-refractivity contribution in [3.63, 3.8) is 0 Å². The second-order valence-electron chi connectivity index (χ2n) is 18.8. The van der Waals surface area contributed by atoms with Gasteiger partial charge in [-0.1, -0.05) is 242 Å². The van der Waals surface area contributed by atoms with E-state index >= 15 is 0 Å². The molecule has 0 heterocycles. The van der Waals surface area contributed by atoms with Gasteiger partial charge in [0.15, 0.2) is 6.10 Å². The maximum Gasteiger partial charge on any atom is 0.306 e. The Balaban J connectivity index is 4.39. The summed E-state index contributed by atoms with van der Waals surface area (Å²) in [5.41, 5.74) is 0. The zero-order chi connectivity index (χ0) is 47.9. The largest absolute Gasteiger partial charge is 0.462 e. The van der Waals surface area contributed by atoms with E-state index in [1.807, 2.05) is 0 Å². The molecule has 1 unspecified atom stereocenters. The summed E-state index contributed by atoms with van der Waals surface area (Å²) in [6.45, 7) is 6.52. The molecular weight excluding hydrogens is 817 g/mol. The Bertz CT molecular complexity index is 1200. The van der Waals surface area contributed by atoms with E-state index in [0.717, 1.165) is 89.9 Å². The van der Waals surface area contributed by atoms with Gasteiger partial charge in [0.1, 0.15) is 13.2 Å². The minimum Gasteiger partial charge on any atom is -0.462 e. The number of hydrogen-bond acceptors (Lipinski definition) is 6. The molecule has 0 spiro atoms. The molecule has 0 aliphatic carbocycles. The van der Waals surface area contributed by atoms with Crippen LogP contribution in [0.15, 0.2) is 60.8 Å². The van der Waals surface area contributed by atoms with Crippen LogP contribution in [0.5, 0.6) is 0 Å². The van der Waals surface area contributed by atoms with Gasteiger partial charge in [-0.2, -0.15) is 0 Å². The molecule has 382 valence electrons. The quantitative estimate of drug-likeness (QED) is 0.0262. The highest BCUT2D eigenvalue weighted by molar-refractivity contribution is 5.71. The lowest BCUT2D eigenvalue weighted by Crippen LogP contribution is -2.30. The highest BCUT2D eigenvalue weighted by atomic mass is 16.6. The lowest BCUT2D eigenvalue weighted by atomic mass is 10.0. The summed E-state index contributed by atoms with van der Waals surface area (Å²) in [6.07, 6.45) is 67.8. The Morgan fingerprint density at radius 2 is 0.591 bits per heavy atom. The van der Waals surface area contributed by atoms with Crippen LogP contribution in [-0.4, -0.2) is 37.2 Å². The minimum absolute atomic E-state index is 0.0861. The molecule has 1 atom stereocenters. The third-order valence-electron chi connectivity index (χ3n) is 12.3. The standard InChI is InChI=1S/C60H106O6/c1-4-7-10-13-16-19-22-25-27-29-30-31-33-35-38-41-44-47-50-53-59(62)65-56-57(55-64-58(61)52-49-46-43-40-37-34-24-21-18-15-12-9-6-3)66-60(63)54-51-48-45-42-39-36-32-28-26-23-20-17-14-11-8-5-2/h8,11,17,20,26,28-30,36,39,57H,4-7,9-10,12-16,18-19,21-25,27,31-35,37-38,40-56H2,1-3H3/b11-8-,20-17-,28-26-,30-29-,39-36-. The zero-order valence-electron chi connectivity index (χ0n) is 43.7. The van der Waals surface area contributed by atoms with Gasteiger partial charge in [0.05, 0.1) is 0 Å². The van der Waals surface area contributed by atoms with Gasteiger partial charge < -0.3 is 14.2 Å². The fraction of sp³-hybridized carbons (Fsp3) is 0.783. The number of carbonyl (C=O) groups excluding carboxylic acids is 3. The molecule has 0 rings (SSSR count). The van der Waals surface area contributed by atoms with Gasteiger partial charge in [0, 0.05) is 19.3 Å².